The quantitative estimate of drug-likeness (QED) is 0.449. The second-order valence-electron chi connectivity index (χ2n) is 5.33. The van der Waals surface area contributed by atoms with Crippen molar-refractivity contribution >= 4 is 0 Å². The van der Waals surface area contributed by atoms with Gasteiger partial charge in [0.2, 0.25) is 0 Å². The first-order chi connectivity index (χ1) is 7.56. The van der Waals surface area contributed by atoms with E-state index in [0.29, 0.717) is 0 Å². The van der Waals surface area contributed by atoms with Crippen molar-refractivity contribution in [2.45, 2.75) is 73.1 Å². The van der Waals surface area contributed by atoms with Crippen LogP contribution >= 0.6 is 0 Å². The molecule has 0 nitrogen and oxygen atoms in total. The van der Waals surface area contributed by atoms with E-state index < -0.39 is 0 Å². The highest BCUT2D eigenvalue weighted by atomic mass is 14.0. The maximum absolute atomic E-state index is 2.42. The molecule has 16 heavy (non-hydrogen) atoms. The van der Waals surface area contributed by atoms with Gasteiger partial charge < -0.3 is 0 Å². The van der Waals surface area contributed by atoms with Crippen LogP contribution in [0.3, 0.4) is 0 Å². The smallest absolute Gasteiger partial charge is 0.0288 e. The fourth-order valence-electron chi connectivity index (χ4n) is 1.89. The van der Waals surface area contributed by atoms with Gasteiger partial charge in [-0.05, 0) is 51.9 Å². The molecule has 0 heteroatoms. The van der Waals surface area contributed by atoms with Gasteiger partial charge in [-0.1, -0.05) is 50.5 Å². The molecule has 0 aliphatic rings. The molecule has 0 rings (SSSR count). The number of rotatable bonds is 8. The lowest BCUT2D eigenvalue weighted by Gasteiger charge is -2.05. The van der Waals surface area contributed by atoms with Gasteiger partial charge in [0.1, 0.15) is 0 Å². The Labute approximate surface area is 103 Å². The lowest BCUT2D eigenvalue weighted by molar-refractivity contribution is 0.554. The maximum Gasteiger partial charge on any atom is -0.0288 e. The maximum atomic E-state index is 2.42. The van der Waals surface area contributed by atoms with Gasteiger partial charge >= 0.3 is 0 Å². The minimum atomic E-state index is 0.850. The van der Waals surface area contributed by atoms with Gasteiger partial charge in [0.25, 0.3) is 0 Å². The Balaban J connectivity index is 3.66. The third kappa shape index (κ3) is 10.0. The summed E-state index contributed by atoms with van der Waals surface area (Å²) in [5.41, 5.74) is 3.11. The molecule has 0 aromatic rings. The first kappa shape index (κ1) is 15.5. The summed E-state index contributed by atoms with van der Waals surface area (Å²) in [5, 5.41) is 0. The van der Waals surface area contributed by atoms with Gasteiger partial charge in [-0.3, -0.25) is 0 Å². The van der Waals surface area contributed by atoms with Crippen molar-refractivity contribution < 1.29 is 0 Å². The van der Waals surface area contributed by atoms with Gasteiger partial charge in [-0.2, -0.15) is 0 Å². The molecule has 0 saturated heterocycles. The lowest BCUT2D eigenvalue weighted by atomic mass is 10.0. The minimum absolute atomic E-state index is 0.850. The molecule has 0 aliphatic carbocycles. The Morgan fingerprint density at radius 3 is 2.19 bits per heavy atom. The average molecular weight is 222 g/mol. The molecule has 0 aromatic carbocycles. The molecule has 0 atom stereocenters. The van der Waals surface area contributed by atoms with Crippen molar-refractivity contribution in [3.63, 3.8) is 0 Å². The molecule has 0 N–H and O–H groups in total. The van der Waals surface area contributed by atoms with Crippen LogP contribution in [0.5, 0.6) is 0 Å². The topological polar surface area (TPSA) is 0 Å². The molecule has 94 valence electrons. The zero-order chi connectivity index (χ0) is 12.4. The van der Waals surface area contributed by atoms with Gasteiger partial charge in [-0.15, -0.1) is 0 Å². The molecular formula is C16H30. The van der Waals surface area contributed by atoms with Gasteiger partial charge in [0.15, 0.2) is 0 Å². The monoisotopic (exact) mass is 222 g/mol. The Morgan fingerprint density at radius 1 is 1.00 bits per heavy atom. The standard InChI is InChI=1S/C16H30/c1-6-9-15(4)12-8-13-16(5)11-7-10-14(2)3/h9,13-14H,6-8,10-12H2,1-5H3. The van der Waals surface area contributed by atoms with E-state index in [2.05, 4.69) is 46.8 Å². The summed E-state index contributed by atoms with van der Waals surface area (Å²) in [7, 11) is 0. The fourth-order valence-corrected chi connectivity index (χ4v) is 1.89. The molecular weight excluding hydrogens is 192 g/mol. The van der Waals surface area contributed by atoms with Crippen LogP contribution in [0.1, 0.15) is 73.1 Å². The van der Waals surface area contributed by atoms with E-state index >= 15 is 0 Å². The van der Waals surface area contributed by atoms with Crippen molar-refractivity contribution in [2.24, 2.45) is 5.92 Å². The van der Waals surface area contributed by atoms with Crippen LogP contribution in [0.15, 0.2) is 23.3 Å². The van der Waals surface area contributed by atoms with E-state index in [1.807, 2.05) is 0 Å². The summed E-state index contributed by atoms with van der Waals surface area (Å²) in [6, 6.07) is 0. The summed E-state index contributed by atoms with van der Waals surface area (Å²) in [5.74, 6) is 0.850. The van der Waals surface area contributed by atoms with Crippen LogP contribution in [-0.4, -0.2) is 0 Å². The van der Waals surface area contributed by atoms with E-state index in [-0.39, 0.29) is 0 Å². The highest BCUT2D eigenvalue weighted by Gasteiger charge is 1.95. The Kier molecular flexibility index (Phi) is 9.37. The van der Waals surface area contributed by atoms with E-state index in [9.17, 15) is 0 Å². The predicted octanol–water partition coefficient (Wildman–Crippen LogP) is 5.90. The molecule has 0 fully saturated rings. The normalized spacial score (nSPS) is 13.6. The molecule has 0 unspecified atom stereocenters. The van der Waals surface area contributed by atoms with Crippen LogP contribution in [0.2, 0.25) is 0 Å². The van der Waals surface area contributed by atoms with Crippen LogP contribution in [0, 0.1) is 5.92 Å². The average Bonchev–Trinajstić information content (AvgIpc) is 2.17. The first-order valence-electron chi connectivity index (χ1n) is 6.87. The Hall–Kier alpha value is -0.520. The zero-order valence-electron chi connectivity index (χ0n) is 12.0. The summed E-state index contributed by atoms with van der Waals surface area (Å²) in [6.07, 6.45) is 12.4. The van der Waals surface area contributed by atoms with Crippen molar-refractivity contribution in [3.8, 4) is 0 Å². The van der Waals surface area contributed by atoms with E-state index in [1.165, 1.54) is 44.1 Å². The number of allylic oxidation sites excluding steroid dienone is 4. The van der Waals surface area contributed by atoms with Gasteiger partial charge in [-0.25, -0.2) is 0 Å². The third-order valence-electron chi connectivity index (χ3n) is 2.94. The second kappa shape index (κ2) is 9.69. The largest absolute Gasteiger partial charge is 0.0859 e. The predicted molar refractivity (Wildman–Crippen MR) is 75.7 cm³/mol. The highest BCUT2D eigenvalue weighted by Crippen LogP contribution is 2.14. The minimum Gasteiger partial charge on any atom is -0.0859 e. The SMILES string of the molecule is CCC=C(C)CCC=C(C)CCCC(C)C. The second-order valence-corrected chi connectivity index (χ2v) is 5.33. The lowest BCUT2D eigenvalue weighted by Crippen LogP contribution is -1.87. The molecule has 0 radical (unpaired) electrons. The number of hydrogen-bond donors (Lipinski definition) is 0. The highest BCUT2D eigenvalue weighted by molar-refractivity contribution is 5.03. The van der Waals surface area contributed by atoms with E-state index in [4.69, 9.17) is 0 Å². The molecule has 0 heterocycles. The van der Waals surface area contributed by atoms with Crippen LogP contribution in [-0.2, 0) is 0 Å². The Morgan fingerprint density at radius 2 is 1.62 bits per heavy atom. The van der Waals surface area contributed by atoms with Crippen LogP contribution in [0.4, 0.5) is 0 Å². The Bertz CT molecular complexity index is 218. The summed E-state index contributed by atoms with van der Waals surface area (Å²) >= 11 is 0. The van der Waals surface area contributed by atoms with E-state index in [1.54, 1.807) is 5.57 Å². The molecule has 0 aromatic heterocycles. The third-order valence-corrected chi connectivity index (χ3v) is 2.94. The van der Waals surface area contributed by atoms with Gasteiger partial charge in [0, 0.05) is 0 Å². The van der Waals surface area contributed by atoms with E-state index in [0.717, 1.165) is 5.92 Å². The molecule has 0 bridgehead atoms. The molecule has 0 amide bonds. The number of hydrogen-bond acceptors (Lipinski definition) is 0. The summed E-state index contributed by atoms with van der Waals surface area (Å²) in [6.45, 7) is 11.3. The first-order valence-corrected chi connectivity index (χ1v) is 6.87. The van der Waals surface area contributed by atoms with Crippen molar-refractivity contribution in [3.05, 3.63) is 23.3 Å². The fraction of sp³-hybridized carbons (Fsp3) is 0.750. The van der Waals surface area contributed by atoms with Crippen molar-refractivity contribution in [2.75, 3.05) is 0 Å². The van der Waals surface area contributed by atoms with Crippen molar-refractivity contribution in [1.29, 1.82) is 0 Å². The molecule has 0 spiro atoms. The molecule has 0 saturated carbocycles. The van der Waals surface area contributed by atoms with Crippen LogP contribution < -0.4 is 0 Å². The van der Waals surface area contributed by atoms with Gasteiger partial charge in [0.05, 0.1) is 0 Å². The molecule has 0 aliphatic heterocycles. The summed E-state index contributed by atoms with van der Waals surface area (Å²) in [4.78, 5) is 0. The summed E-state index contributed by atoms with van der Waals surface area (Å²) < 4.78 is 0. The van der Waals surface area contributed by atoms with Crippen LogP contribution in [0.25, 0.3) is 0 Å². The zero-order valence-corrected chi connectivity index (χ0v) is 12.0. The van der Waals surface area contributed by atoms with Crippen molar-refractivity contribution in [1.82, 2.24) is 0 Å².